The van der Waals surface area contributed by atoms with Crippen LogP contribution in [0.15, 0.2) is 18.2 Å². The van der Waals surface area contributed by atoms with Gasteiger partial charge in [-0.3, -0.25) is 11.3 Å². The summed E-state index contributed by atoms with van der Waals surface area (Å²) in [5.74, 6) is 4.18. The number of halogens is 4. The third kappa shape index (κ3) is 3.36. The van der Waals surface area contributed by atoms with E-state index in [4.69, 9.17) is 10.6 Å². The first-order chi connectivity index (χ1) is 9.81. The molecule has 1 aromatic carbocycles. The summed E-state index contributed by atoms with van der Waals surface area (Å²) in [6, 6.07) is 2.42. The zero-order valence-corrected chi connectivity index (χ0v) is 11.6. The van der Waals surface area contributed by atoms with Gasteiger partial charge < -0.3 is 4.74 Å². The first-order valence-electron chi connectivity index (χ1n) is 6.69. The van der Waals surface area contributed by atoms with Gasteiger partial charge in [-0.25, -0.2) is 4.39 Å². The molecule has 0 heterocycles. The van der Waals surface area contributed by atoms with Crippen LogP contribution in [-0.4, -0.2) is 12.7 Å². The Morgan fingerprint density at radius 1 is 1.38 bits per heavy atom. The van der Waals surface area contributed by atoms with E-state index in [-0.39, 0.29) is 5.60 Å². The Bertz CT molecular complexity index is 495. The van der Waals surface area contributed by atoms with E-state index in [2.05, 4.69) is 5.43 Å². The van der Waals surface area contributed by atoms with Crippen LogP contribution in [0, 0.1) is 5.82 Å². The number of alkyl halides is 3. The number of rotatable bonds is 5. The van der Waals surface area contributed by atoms with Gasteiger partial charge in [0.05, 0.1) is 11.2 Å². The predicted octanol–water partition coefficient (Wildman–Crippen LogP) is 3.31. The zero-order valence-electron chi connectivity index (χ0n) is 11.6. The van der Waals surface area contributed by atoms with Crippen LogP contribution in [0.3, 0.4) is 0 Å². The minimum atomic E-state index is -4.70. The molecule has 7 heteroatoms. The zero-order chi connectivity index (χ0) is 15.7. The summed E-state index contributed by atoms with van der Waals surface area (Å²) in [7, 11) is 1.60. The Morgan fingerprint density at radius 3 is 2.43 bits per heavy atom. The SMILES string of the molecule is COC1(CC(NN)c2ccc(C(F)(F)F)c(F)c2)CCC1. The van der Waals surface area contributed by atoms with E-state index in [0.717, 1.165) is 31.4 Å². The van der Waals surface area contributed by atoms with Crippen molar-refractivity contribution in [2.45, 2.75) is 43.5 Å². The topological polar surface area (TPSA) is 47.3 Å². The van der Waals surface area contributed by atoms with E-state index in [1.807, 2.05) is 0 Å². The Hall–Kier alpha value is -1.18. The van der Waals surface area contributed by atoms with Gasteiger partial charge in [0.25, 0.3) is 0 Å². The number of nitrogens with one attached hydrogen (secondary N) is 1. The summed E-state index contributed by atoms with van der Waals surface area (Å²) in [6.07, 6.45) is -1.44. The maximum Gasteiger partial charge on any atom is 0.419 e. The van der Waals surface area contributed by atoms with Crippen molar-refractivity contribution >= 4 is 0 Å². The molecule has 1 unspecified atom stereocenters. The third-order valence-corrected chi connectivity index (χ3v) is 4.18. The smallest absolute Gasteiger partial charge is 0.378 e. The van der Waals surface area contributed by atoms with Crippen molar-refractivity contribution < 1.29 is 22.3 Å². The van der Waals surface area contributed by atoms with E-state index >= 15 is 0 Å². The van der Waals surface area contributed by atoms with E-state index in [9.17, 15) is 17.6 Å². The molecule has 118 valence electrons. The van der Waals surface area contributed by atoms with E-state index < -0.39 is 23.6 Å². The second-order valence-electron chi connectivity index (χ2n) is 5.40. The highest BCUT2D eigenvalue weighted by molar-refractivity contribution is 5.29. The lowest BCUT2D eigenvalue weighted by molar-refractivity contribution is -0.140. The molecule has 3 nitrogen and oxygen atoms in total. The van der Waals surface area contributed by atoms with Crippen LogP contribution in [0.4, 0.5) is 17.6 Å². The molecule has 1 aliphatic carbocycles. The molecule has 2 rings (SSSR count). The molecule has 1 aromatic rings. The van der Waals surface area contributed by atoms with Gasteiger partial charge >= 0.3 is 6.18 Å². The summed E-state index contributed by atoms with van der Waals surface area (Å²) in [5.41, 5.74) is 1.32. The number of nitrogens with two attached hydrogens (primary N) is 1. The van der Waals surface area contributed by atoms with Crippen molar-refractivity contribution in [1.29, 1.82) is 0 Å². The fourth-order valence-corrected chi connectivity index (χ4v) is 2.69. The second kappa shape index (κ2) is 5.90. The molecular weight excluding hydrogens is 288 g/mol. The molecule has 0 spiro atoms. The molecule has 3 N–H and O–H groups in total. The summed E-state index contributed by atoms with van der Waals surface area (Å²) in [5, 5.41) is 0. The highest BCUT2D eigenvalue weighted by atomic mass is 19.4. The Balaban J connectivity index is 2.21. The Labute approximate surface area is 120 Å². The summed E-state index contributed by atoms with van der Waals surface area (Å²) < 4.78 is 56.8. The third-order valence-electron chi connectivity index (χ3n) is 4.18. The van der Waals surface area contributed by atoms with E-state index in [0.29, 0.717) is 12.0 Å². The number of benzene rings is 1. The van der Waals surface area contributed by atoms with Gasteiger partial charge in [-0.05, 0) is 43.4 Å². The molecule has 1 fully saturated rings. The van der Waals surface area contributed by atoms with Crippen molar-refractivity contribution in [1.82, 2.24) is 5.43 Å². The molecule has 1 saturated carbocycles. The summed E-state index contributed by atoms with van der Waals surface area (Å²) in [6.45, 7) is 0. The molecule has 0 radical (unpaired) electrons. The first-order valence-corrected chi connectivity index (χ1v) is 6.69. The van der Waals surface area contributed by atoms with Gasteiger partial charge in [0.1, 0.15) is 5.82 Å². The second-order valence-corrected chi connectivity index (χ2v) is 5.40. The monoisotopic (exact) mass is 306 g/mol. The Kier molecular flexibility index (Phi) is 4.55. The molecule has 0 aromatic heterocycles. The number of ether oxygens (including phenoxy) is 1. The first kappa shape index (κ1) is 16.2. The summed E-state index contributed by atoms with van der Waals surface area (Å²) in [4.78, 5) is 0. The minimum absolute atomic E-state index is 0.323. The molecule has 0 amide bonds. The molecule has 0 aliphatic heterocycles. The Morgan fingerprint density at radius 2 is 2.05 bits per heavy atom. The lowest BCUT2D eigenvalue weighted by atomic mass is 9.75. The van der Waals surface area contributed by atoms with Crippen LogP contribution in [0.25, 0.3) is 0 Å². The van der Waals surface area contributed by atoms with Gasteiger partial charge in [-0.1, -0.05) is 6.07 Å². The van der Waals surface area contributed by atoms with Gasteiger partial charge in [0, 0.05) is 13.2 Å². The van der Waals surface area contributed by atoms with Crippen LogP contribution in [0.1, 0.15) is 42.9 Å². The van der Waals surface area contributed by atoms with Gasteiger partial charge in [-0.15, -0.1) is 0 Å². The summed E-state index contributed by atoms with van der Waals surface area (Å²) >= 11 is 0. The normalized spacial score (nSPS) is 19.1. The fraction of sp³-hybridized carbons (Fsp3) is 0.571. The van der Waals surface area contributed by atoms with Crippen molar-refractivity contribution in [3.05, 3.63) is 35.1 Å². The number of hydrazine groups is 1. The predicted molar refractivity (Wildman–Crippen MR) is 69.7 cm³/mol. The molecule has 1 atom stereocenters. The highest BCUT2D eigenvalue weighted by Crippen LogP contribution is 2.42. The van der Waals surface area contributed by atoms with Crippen molar-refractivity contribution in [2.24, 2.45) is 5.84 Å². The van der Waals surface area contributed by atoms with Gasteiger partial charge in [0.15, 0.2) is 0 Å². The average Bonchev–Trinajstić information content (AvgIpc) is 2.37. The van der Waals surface area contributed by atoms with Crippen LogP contribution >= 0.6 is 0 Å². The number of methoxy groups -OCH3 is 1. The van der Waals surface area contributed by atoms with Crippen molar-refractivity contribution in [3.63, 3.8) is 0 Å². The van der Waals surface area contributed by atoms with Crippen LogP contribution in [-0.2, 0) is 10.9 Å². The van der Waals surface area contributed by atoms with Crippen LogP contribution < -0.4 is 11.3 Å². The molecule has 21 heavy (non-hydrogen) atoms. The van der Waals surface area contributed by atoms with Gasteiger partial charge in [0.2, 0.25) is 0 Å². The van der Waals surface area contributed by atoms with E-state index in [1.165, 1.54) is 6.07 Å². The lowest BCUT2D eigenvalue weighted by Crippen LogP contribution is -2.44. The quantitative estimate of drug-likeness (QED) is 0.498. The maximum absolute atomic E-state index is 13.6. The van der Waals surface area contributed by atoms with Crippen molar-refractivity contribution in [2.75, 3.05) is 7.11 Å². The van der Waals surface area contributed by atoms with Crippen LogP contribution in [0.5, 0.6) is 0 Å². The van der Waals surface area contributed by atoms with Crippen molar-refractivity contribution in [3.8, 4) is 0 Å². The lowest BCUT2D eigenvalue weighted by Gasteiger charge is -2.42. The molecular formula is C14H18F4N2O. The van der Waals surface area contributed by atoms with Crippen LogP contribution in [0.2, 0.25) is 0 Å². The highest BCUT2D eigenvalue weighted by Gasteiger charge is 2.40. The maximum atomic E-state index is 13.6. The minimum Gasteiger partial charge on any atom is -0.378 e. The average molecular weight is 306 g/mol. The molecule has 1 aliphatic rings. The number of hydrogen-bond donors (Lipinski definition) is 2. The molecule has 0 bridgehead atoms. The molecule has 0 saturated heterocycles. The number of hydrogen-bond acceptors (Lipinski definition) is 3. The largest absolute Gasteiger partial charge is 0.419 e. The fourth-order valence-electron chi connectivity index (χ4n) is 2.69. The van der Waals surface area contributed by atoms with Gasteiger partial charge in [-0.2, -0.15) is 13.2 Å². The standard InChI is InChI=1S/C14H18F4N2O/c1-21-13(5-2-6-13)8-12(20-19)9-3-4-10(11(15)7-9)14(16,17)18/h3-4,7,12,20H,2,5-6,8,19H2,1H3. The van der Waals surface area contributed by atoms with E-state index in [1.54, 1.807) is 7.11 Å².